The van der Waals surface area contributed by atoms with Gasteiger partial charge in [-0.05, 0) is 109 Å². The predicted molar refractivity (Wildman–Crippen MR) is 130 cm³/mol. The summed E-state index contributed by atoms with van der Waals surface area (Å²) >= 11 is 0. The quantitative estimate of drug-likeness (QED) is 0.512. The van der Waals surface area contributed by atoms with Gasteiger partial charge < -0.3 is 15.0 Å². The van der Waals surface area contributed by atoms with Gasteiger partial charge in [-0.3, -0.25) is 0 Å². The molecule has 0 spiro atoms. The van der Waals surface area contributed by atoms with Crippen LogP contribution in [0.1, 0.15) is 106 Å². The SMILES string of the molecule is C[C@@H]1CC[C@]2(C(=O)[O-])CC[C@]3(C)C(=CCC4[C@@]5(C)CC[C@H](O)C(C)(C)C5CC[C@]43C)C2[C@H]1C. The molecule has 0 aromatic carbocycles. The van der Waals surface area contributed by atoms with Gasteiger partial charge >= 0.3 is 0 Å². The smallest absolute Gasteiger partial charge is 0.0594 e. The van der Waals surface area contributed by atoms with E-state index in [2.05, 4.69) is 54.5 Å². The van der Waals surface area contributed by atoms with Crippen LogP contribution in [0.15, 0.2) is 11.6 Å². The van der Waals surface area contributed by atoms with Gasteiger partial charge in [-0.1, -0.05) is 60.1 Å². The van der Waals surface area contributed by atoms with Crippen LogP contribution < -0.4 is 5.11 Å². The molecule has 10 atom stereocenters. The normalized spacial score (nSPS) is 55.3. The molecule has 33 heavy (non-hydrogen) atoms. The van der Waals surface area contributed by atoms with Crippen molar-refractivity contribution < 1.29 is 15.0 Å². The first-order valence-corrected chi connectivity index (χ1v) is 13.9. The highest BCUT2D eigenvalue weighted by atomic mass is 16.4. The molecule has 3 nitrogen and oxygen atoms in total. The third-order valence-corrected chi connectivity index (χ3v) is 13.4. The number of carbonyl (C=O) groups excluding carboxylic acids is 1. The fourth-order valence-electron chi connectivity index (χ4n) is 10.8. The van der Waals surface area contributed by atoms with Gasteiger partial charge in [-0.25, -0.2) is 0 Å². The highest BCUT2D eigenvalue weighted by Crippen LogP contribution is 2.75. The van der Waals surface area contributed by atoms with Gasteiger partial charge in [0.05, 0.1) is 6.10 Å². The highest BCUT2D eigenvalue weighted by Gasteiger charge is 2.68. The molecule has 5 aliphatic carbocycles. The van der Waals surface area contributed by atoms with E-state index in [9.17, 15) is 15.0 Å². The lowest BCUT2D eigenvalue weighted by atomic mass is 9.33. The Balaban J connectivity index is 1.61. The molecule has 0 aromatic heterocycles. The first kappa shape index (κ1) is 23.9. The molecule has 4 fully saturated rings. The molecule has 0 radical (unpaired) electrons. The second kappa shape index (κ2) is 7.11. The number of hydrogen-bond acceptors (Lipinski definition) is 3. The van der Waals surface area contributed by atoms with Crippen molar-refractivity contribution in [3.63, 3.8) is 0 Å². The Morgan fingerprint density at radius 2 is 1.64 bits per heavy atom. The van der Waals surface area contributed by atoms with Crippen molar-refractivity contribution in [3.05, 3.63) is 11.6 Å². The average Bonchev–Trinajstić information content (AvgIpc) is 2.74. The fourth-order valence-corrected chi connectivity index (χ4v) is 10.8. The Morgan fingerprint density at radius 3 is 2.30 bits per heavy atom. The van der Waals surface area contributed by atoms with Crippen molar-refractivity contribution in [3.8, 4) is 0 Å². The second-order valence-corrected chi connectivity index (χ2v) is 14.5. The molecule has 0 aliphatic heterocycles. The van der Waals surface area contributed by atoms with Crippen LogP contribution >= 0.6 is 0 Å². The summed E-state index contributed by atoms with van der Waals surface area (Å²) in [5.41, 5.74) is 1.24. The maximum absolute atomic E-state index is 12.7. The van der Waals surface area contributed by atoms with Crippen molar-refractivity contribution in [2.75, 3.05) is 0 Å². The monoisotopic (exact) mass is 455 g/mol. The number of fused-ring (bicyclic) bond motifs is 7. The van der Waals surface area contributed by atoms with Crippen LogP contribution in [0.5, 0.6) is 0 Å². The van der Waals surface area contributed by atoms with Crippen molar-refractivity contribution in [1.29, 1.82) is 0 Å². The third kappa shape index (κ3) is 2.75. The summed E-state index contributed by atoms with van der Waals surface area (Å²) < 4.78 is 0. The number of hydrogen-bond donors (Lipinski definition) is 1. The Bertz CT molecular complexity index is 874. The van der Waals surface area contributed by atoms with E-state index >= 15 is 0 Å². The molecule has 3 heteroatoms. The van der Waals surface area contributed by atoms with Crippen molar-refractivity contribution in [2.45, 2.75) is 112 Å². The lowest BCUT2D eigenvalue weighted by molar-refractivity contribution is -0.327. The zero-order valence-corrected chi connectivity index (χ0v) is 22.2. The lowest BCUT2D eigenvalue weighted by Gasteiger charge is -2.71. The topological polar surface area (TPSA) is 60.4 Å². The van der Waals surface area contributed by atoms with Gasteiger partial charge in [-0.2, -0.15) is 0 Å². The number of carbonyl (C=O) groups is 1. The van der Waals surface area contributed by atoms with Crippen LogP contribution in [0.4, 0.5) is 0 Å². The second-order valence-electron chi connectivity index (χ2n) is 14.5. The molecule has 0 bridgehead atoms. The number of aliphatic carboxylic acids is 1. The Kier molecular flexibility index (Phi) is 5.15. The molecule has 186 valence electrons. The average molecular weight is 456 g/mol. The fraction of sp³-hybridized carbons (Fsp3) is 0.900. The summed E-state index contributed by atoms with van der Waals surface area (Å²) in [7, 11) is 0. The molecule has 1 N–H and O–H groups in total. The third-order valence-electron chi connectivity index (χ3n) is 13.4. The summed E-state index contributed by atoms with van der Waals surface area (Å²) in [6.07, 6.45) is 11.3. The molecular formula is C30H47O3-. The van der Waals surface area contributed by atoms with E-state index in [4.69, 9.17) is 0 Å². The van der Waals surface area contributed by atoms with Crippen LogP contribution in [-0.4, -0.2) is 17.2 Å². The van der Waals surface area contributed by atoms with E-state index in [1.54, 1.807) is 0 Å². The minimum Gasteiger partial charge on any atom is -0.550 e. The van der Waals surface area contributed by atoms with Gasteiger partial charge in [0.15, 0.2) is 0 Å². The van der Waals surface area contributed by atoms with Gasteiger partial charge in [0, 0.05) is 11.4 Å². The van der Waals surface area contributed by atoms with E-state index in [1.165, 1.54) is 18.4 Å². The van der Waals surface area contributed by atoms with E-state index in [1.807, 2.05) is 0 Å². The van der Waals surface area contributed by atoms with Gasteiger partial charge in [0.2, 0.25) is 0 Å². The molecule has 4 saturated carbocycles. The van der Waals surface area contributed by atoms with E-state index < -0.39 is 11.4 Å². The number of carboxylic acids is 1. The molecule has 3 unspecified atom stereocenters. The minimum absolute atomic E-state index is 0.0385. The Labute approximate surface area is 201 Å². The van der Waals surface area contributed by atoms with E-state index in [0.717, 1.165) is 44.9 Å². The number of allylic oxidation sites excluding steroid dienone is 2. The van der Waals surface area contributed by atoms with Crippen LogP contribution in [0.25, 0.3) is 0 Å². The zero-order chi connectivity index (χ0) is 24.2. The number of carboxylic acid groups (broad SMARTS) is 1. The van der Waals surface area contributed by atoms with Crippen LogP contribution in [0.2, 0.25) is 0 Å². The summed E-state index contributed by atoms with van der Waals surface area (Å²) in [6, 6.07) is 0. The predicted octanol–water partition coefficient (Wildman–Crippen LogP) is 5.75. The standard InChI is InChI=1S/C30H48O3/c1-18-10-15-30(25(32)33)17-16-28(6)20(24(30)19(18)2)8-9-22-27(5)13-12-23(31)26(3,4)21(27)11-14-29(22,28)7/h8,18-19,21-24,31H,9-17H2,1-7H3,(H,32,33)/p-1/t18-,19+,21?,22?,23+,24?,27+,28-,29-,30+/m1/s1. The number of aliphatic hydroxyl groups excluding tert-OH is 1. The zero-order valence-electron chi connectivity index (χ0n) is 22.2. The largest absolute Gasteiger partial charge is 0.550 e. The van der Waals surface area contributed by atoms with Gasteiger partial charge in [-0.15, -0.1) is 0 Å². The molecule has 0 aromatic rings. The van der Waals surface area contributed by atoms with Crippen molar-refractivity contribution in [2.24, 2.45) is 56.7 Å². The minimum atomic E-state index is -0.792. The number of rotatable bonds is 1. The van der Waals surface area contributed by atoms with Gasteiger partial charge in [0.25, 0.3) is 0 Å². The molecule has 5 aliphatic rings. The lowest BCUT2D eigenvalue weighted by Crippen LogP contribution is -2.66. The number of aliphatic hydroxyl groups is 1. The first-order valence-electron chi connectivity index (χ1n) is 13.9. The van der Waals surface area contributed by atoms with Gasteiger partial charge in [0.1, 0.15) is 0 Å². The van der Waals surface area contributed by atoms with Crippen LogP contribution in [0, 0.1) is 56.7 Å². The maximum atomic E-state index is 12.7. The van der Waals surface area contributed by atoms with E-state index in [-0.39, 0.29) is 33.7 Å². The highest BCUT2D eigenvalue weighted by molar-refractivity contribution is 5.74. The van der Waals surface area contributed by atoms with Crippen molar-refractivity contribution in [1.82, 2.24) is 0 Å². The summed E-state index contributed by atoms with van der Waals surface area (Å²) in [6.45, 7) is 16.8. The van der Waals surface area contributed by atoms with E-state index in [0.29, 0.717) is 23.7 Å². The summed E-state index contributed by atoms with van der Waals surface area (Å²) in [5.74, 6) is 1.42. The molecule has 0 heterocycles. The molecule has 0 amide bonds. The van der Waals surface area contributed by atoms with Crippen LogP contribution in [0.3, 0.4) is 0 Å². The summed E-state index contributed by atoms with van der Waals surface area (Å²) in [4.78, 5) is 12.7. The Morgan fingerprint density at radius 1 is 0.939 bits per heavy atom. The maximum Gasteiger partial charge on any atom is 0.0594 e. The van der Waals surface area contributed by atoms with Crippen LogP contribution in [-0.2, 0) is 4.79 Å². The molecule has 0 saturated heterocycles. The first-order chi connectivity index (χ1) is 15.3. The Hall–Kier alpha value is -0.830. The molecular weight excluding hydrogens is 408 g/mol. The van der Waals surface area contributed by atoms with Crippen molar-refractivity contribution >= 4 is 5.97 Å². The summed E-state index contributed by atoms with van der Waals surface area (Å²) in [5, 5.41) is 23.6. The molecule has 5 rings (SSSR count).